The Labute approximate surface area is 148 Å². The number of unbranched alkanes of at least 4 members (excludes halogenated alkanes) is 12. The molecule has 5 nitrogen and oxygen atoms in total. The van der Waals surface area contributed by atoms with Crippen molar-refractivity contribution in [1.29, 1.82) is 5.41 Å². The highest BCUT2D eigenvalue weighted by molar-refractivity contribution is 5.76. The summed E-state index contributed by atoms with van der Waals surface area (Å²) in [4.78, 5) is 11.1. The molecule has 0 aromatic heterocycles. The van der Waals surface area contributed by atoms with Crippen molar-refractivity contribution in [3.63, 3.8) is 0 Å². The lowest BCUT2D eigenvalue weighted by atomic mass is 9.99. The third-order valence-electron chi connectivity index (χ3n) is 4.54. The van der Waals surface area contributed by atoms with Crippen molar-refractivity contribution in [1.82, 2.24) is 5.32 Å². The fourth-order valence-electron chi connectivity index (χ4n) is 2.95. The highest BCUT2D eigenvalue weighted by atomic mass is 16.4. The van der Waals surface area contributed by atoms with Crippen LogP contribution in [0.5, 0.6) is 0 Å². The van der Waals surface area contributed by atoms with Crippen molar-refractivity contribution in [2.75, 3.05) is 6.54 Å². The Kier molecular flexibility index (Phi) is 15.7. The second-order valence-corrected chi connectivity index (χ2v) is 6.86. The molecule has 0 aliphatic rings. The van der Waals surface area contributed by atoms with Gasteiger partial charge in [-0.1, -0.05) is 90.4 Å². The molecule has 24 heavy (non-hydrogen) atoms. The van der Waals surface area contributed by atoms with Gasteiger partial charge < -0.3 is 16.2 Å². The number of carboxylic acids is 1. The van der Waals surface area contributed by atoms with Crippen molar-refractivity contribution >= 4 is 11.9 Å². The lowest BCUT2D eigenvalue weighted by molar-refractivity contribution is -0.141. The zero-order valence-corrected chi connectivity index (χ0v) is 15.6. The van der Waals surface area contributed by atoms with E-state index < -0.39 is 11.9 Å². The van der Waals surface area contributed by atoms with Crippen LogP contribution in [0, 0.1) is 11.3 Å². The van der Waals surface area contributed by atoms with Crippen LogP contribution in [0.3, 0.4) is 0 Å². The molecule has 0 aliphatic heterocycles. The molecule has 0 heterocycles. The van der Waals surface area contributed by atoms with E-state index in [1.807, 2.05) is 0 Å². The molecule has 0 amide bonds. The molecule has 0 rings (SSSR count). The first-order chi connectivity index (χ1) is 11.6. The minimum Gasteiger partial charge on any atom is -0.481 e. The van der Waals surface area contributed by atoms with Gasteiger partial charge in [0.1, 0.15) is 0 Å². The van der Waals surface area contributed by atoms with Gasteiger partial charge in [-0.15, -0.1) is 0 Å². The molecule has 0 radical (unpaired) electrons. The van der Waals surface area contributed by atoms with Crippen LogP contribution < -0.4 is 11.1 Å². The van der Waals surface area contributed by atoms with E-state index in [9.17, 15) is 4.79 Å². The molecule has 1 atom stereocenters. The van der Waals surface area contributed by atoms with Crippen LogP contribution in [-0.4, -0.2) is 23.6 Å². The summed E-state index contributed by atoms with van der Waals surface area (Å²) < 4.78 is 0. The zero-order chi connectivity index (χ0) is 18.0. The number of rotatable bonds is 17. The van der Waals surface area contributed by atoms with Crippen LogP contribution in [0.25, 0.3) is 0 Å². The van der Waals surface area contributed by atoms with Gasteiger partial charge in [-0.25, -0.2) is 0 Å². The normalized spacial score (nSPS) is 12.0. The Balaban J connectivity index is 3.36. The summed E-state index contributed by atoms with van der Waals surface area (Å²) in [6.45, 7) is 2.51. The van der Waals surface area contributed by atoms with E-state index >= 15 is 0 Å². The van der Waals surface area contributed by atoms with E-state index in [-0.39, 0.29) is 12.5 Å². The number of carboxylic acid groups (broad SMARTS) is 1. The molecule has 0 saturated carbocycles. The van der Waals surface area contributed by atoms with Gasteiger partial charge >= 0.3 is 5.97 Å². The van der Waals surface area contributed by atoms with Crippen molar-refractivity contribution in [2.45, 2.75) is 96.8 Å². The number of nitrogens with one attached hydrogen (secondary N) is 2. The topological polar surface area (TPSA) is 99.2 Å². The Bertz CT molecular complexity index is 322. The quantitative estimate of drug-likeness (QED) is 0.176. The largest absolute Gasteiger partial charge is 0.481 e. The van der Waals surface area contributed by atoms with Crippen molar-refractivity contribution < 1.29 is 9.90 Å². The van der Waals surface area contributed by atoms with Gasteiger partial charge in [0, 0.05) is 6.54 Å². The molecular weight excluding hydrogens is 302 g/mol. The molecule has 0 aromatic rings. The first-order valence-corrected chi connectivity index (χ1v) is 9.88. The first-order valence-electron chi connectivity index (χ1n) is 9.88. The van der Waals surface area contributed by atoms with Crippen LogP contribution in [-0.2, 0) is 4.79 Å². The smallest absolute Gasteiger partial charge is 0.308 e. The number of guanidine groups is 1. The maximum Gasteiger partial charge on any atom is 0.308 e. The maximum absolute atomic E-state index is 11.1. The Morgan fingerprint density at radius 2 is 1.33 bits per heavy atom. The predicted molar refractivity (Wildman–Crippen MR) is 101 cm³/mol. The molecule has 142 valence electrons. The van der Waals surface area contributed by atoms with Crippen LogP contribution in [0.2, 0.25) is 0 Å². The van der Waals surface area contributed by atoms with E-state index in [0.717, 1.165) is 12.8 Å². The second-order valence-electron chi connectivity index (χ2n) is 6.86. The summed E-state index contributed by atoms with van der Waals surface area (Å²) in [7, 11) is 0. The minimum atomic E-state index is -0.803. The summed E-state index contributed by atoms with van der Waals surface area (Å²) in [5.74, 6) is -1.41. The van der Waals surface area contributed by atoms with Gasteiger partial charge in [-0.3, -0.25) is 10.2 Å². The lowest BCUT2D eigenvalue weighted by Crippen LogP contribution is -2.36. The number of aliphatic carboxylic acids is 1. The molecule has 0 aliphatic carbocycles. The Hall–Kier alpha value is -1.26. The van der Waals surface area contributed by atoms with E-state index in [0.29, 0.717) is 6.42 Å². The average Bonchev–Trinajstić information content (AvgIpc) is 2.54. The van der Waals surface area contributed by atoms with Crippen molar-refractivity contribution in [3.8, 4) is 0 Å². The summed E-state index contributed by atoms with van der Waals surface area (Å²) in [5, 5.41) is 18.8. The average molecular weight is 342 g/mol. The molecule has 0 saturated heterocycles. The summed E-state index contributed by atoms with van der Waals surface area (Å²) >= 11 is 0. The van der Waals surface area contributed by atoms with Gasteiger partial charge in [0.15, 0.2) is 5.96 Å². The fourth-order valence-corrected chi connectivity index (χ4v) is 2.95. The second kappa shape index (κ2) is 16.6. The number of carbonyl (C=O) groups is 1. The summed E-state index contributed by atoms with van der Waals surface area (Å²) in [6.07, 6.45) is 17.4. The van der Waals surface area contributed by atoms with Gasteiger partial charge in [0.05, 0.1) is 5.92 Å². The molecule has 5 N–H and O–H groups in total. The van der Waals surface area contributed by atoms with Gasteiger partial charge in [-0.05, 0) is 6.42 Å². The monoisotopic (exact) mass is 341 g/mol. The SMILES string of the molecule is CCCCCCCCCCCCCCCC(CNC(=N)N)C(=O)O. The molecular formula is C19H39N3O2. The lowest BCUT2D eigenvalue weighted by Gasteiger charge is -2.13. The maximum atomic E-state index is 11.1. The number of nitrogens with two attached hydrogens (primary N) is 1. The first kappa shape index (κ1) is 22.7. The molecule has 1 unspecified atom stereocenters. The number of hydrogen-bond donors (Lipinski definition) is 4. The van der Waals surface area contributed by atoms with Crippen LogP contribution in [0.4, 0.5) is 0 Å². The minimum absolute atomic E-state index is 0.161. The molecule has 0 fully saturated rings. The van der Waals surface area contributed by atoms with Crippen LogP contribution >= 0.6 is 0 Å². The van der Waals surface area contributed by atoms with E-state index in [2.05, 4.69) is 12.2 Å². The van der Waals surface area contributed by atoms with Gasteiger partial charge in [0.25, 0.3) is 0 Å². The van der Waals surface area contributed by atoms with E-state index in [1.165, 1.54) is 70.6 Å². The Morgan fingerprint density at radius 3 is 1.71 bits per heavy atom. The molecule has 0 aromatic carbocycles. The standard InChI is InChI=1S/C19H39N3O2/c1-2-3-4-5-6-7-8-9-10-11-12-13-14-15-17(18(23)24)16-22-19(20)21/h17H,2-16H2,1H3,(H,23,24)(H4,20,21,22). The van der Waals surface area contributed by atoms with Crippen LogP contribution in [0.1, 0.15) is 96.8 Å². The van der Waals surface area contributed by atoms with Crippen molar-refractivity contribution in [3.05, 3.63) is 0 Å². The van der Waals surface area contributed by atoms with E-state index in [1.54, 1.807) is 0 Å². The molecule has 5 heteroatoms. The fraction of sp³-hybridized carbons (Fsp3) is 0.895. The predicted octanol–water partition coefficient (Wildman–Crippen LogP) is 4.65. The third-order valence-corrected chi connectivity index (χ3v) is 4.54. The summed E-state index contributed by atoms with van der Waals surface area (Å²) in [5.41, 5.74) is 5.19. The third kappa shape index (κ3) is 15.6. The Morgan fingerprint density at radius 1 is 0.917 bits per heavy atom. The van der Waals surface area contributed by atoms with Gasteiger partial charge in [-0.2, -0.15) is 0 Å². The summed E-state index contributed by atoms with van der Waals surface area (Å²) in [6, 6.07) is 0. The van der Waals surface area contributed by atoms with Gasteiger partial charge in [0.2, 0.25) is 0 Å². The van der Waals surface area contributed by atoms with Crippen LogP contribution in [0.15, 0.2) is 0 Å². The number of hydrogen-bond acceptors (Lipinski definition) is 2. The molecule has 0 bridgehead atoms. The highest BCUT2D eigenvalue weighted by Crippen LogP contribution is 2.14. The highest BCUT2D eigenvalue weighted by Gasteiger charge is 2.16. The zero-order valence-electron chi connectivity index (χ0n) is 15.6. The molecule has 0 spiro atoms. The van der Waals surface area contributed by atoms with E-state index in [4.69, 9.17) is 16.2 Å². The van der Waals surface area contributed by atoms with Crippen molar-refractivity contribution in [2.24, 2.45) is 11.7 Å².